The predicted octanol–water partition coefficient (Wildman–Crippen LogP) is 1.91. The minimum Gasteiger partial charge on any atom is -0.391 e. The number of anilines is 1. The highest BCUT2D eigenvalue weighted by Crippen LogP contribution is 2.27. The van der Waals surface area contributed by atoms with Crippen LogP contribution in [0, 0.1) is 18.7 Å². The molecule has 1 heterocycles. The maximum atomic E-state index is 13.4. The van der Waals surface area contributed by atoms with E-state index in [9.17, 15) is 19.1 Å². The number of carbonyl (C=O) groups excluding carboxylic acids is 2. The topological polar surface area (TPSA) is 69.6 Å². The Morgan fingerprint density at radius 1 is 1.33 bits per heavy atom. The largest absolute Gasteiger partial charge is 0.391 e. The lowest BCUT2D eigenvalue weighted by atomic mass is 9.92. The van der Waals surface area contributed by atoms with Gasteiger partial charge >= 0.3 is 0 Å². The van der Waals surface area contributed by atoms with E-state index in [2.05, 4.69) is 5.32 Å². The first kappa shape index (κ1) is 16.9. The number of amides is 2. The number of hydrogen-bond donors (Lipinski definition) is 2. The molecule has 1 saturated heterocycles. The fourth-order valence-corrected chi connectivity index (χ4v) is 3.51. The maximum absolute atomic E-state index is 13.4. The maximum Gasteiger partial charge on any atom is 0.227 e. The lowest BCUT2D eigenvalue weighted by Crippen LogP contribution is -2.47. The van der Waals surface area contributed by atoms with E-state index >= 15 is 0 Å². The highest BCUT2D eigenvalue weighted by Gasteiger charge is 2.37. The molecule has 3 unspecified atom stereocenters. The van der Waals surface area contributed by atoms with Gasteiger partial charge in [0, 0.05) is 18.7 Å². The van der Waals surface area contributed by atoms with Crippen molar-refractivity contribution in [3.8, 4) is 0 Å². The molecule has 1 aliphatic carbocycles. The van der Waals surface area contributed by atoms with E-state index in [0.29, 0.717) is 24.2 Å². The molecule has 3 rings (SSSR count). The zero-order chi connectivity index (χ0) is 17.3. The second-order valence-electron chi connectivity index (χ2n) is 6.81. The van der Waals surface area contributed by atoms with E-state index in [1.165, 1.54) is 11.0 Å². The fraction of sp³-hybridized carbons (Fsp3) is 0.556. The average molecular weight is 334 g/mol. The first-order valence-electron chi connectivity index (χ1n) is 8.50. The smallest absolute Gasteiger partial charge is 0.227 e. The molecule has 130 valence electrons. The van der Waals surface area contributed by atoms with Gasteiger partial charge in [0.1, 0.15) is 5.82 Å². The van der Waals surface area contributed by atoms with Crippen LogP contribution in [0.25, 0.3) is 0 Å². The number of hydrogen-bond acceptors (Lipinski definition) is 3. The Balaban J connectivity index is 1.65. The van der Waals surface area contributed by atoms with Crippen LogP contribution in [0.1, 0.15) is 37.7 Å². The molecular weight excluding hydrogens is 311 g/mol. The van der Waals surface area contributed by atoms with Crippen LogP contribution in [-0.4, -0.2) is 35.6 Å². The molecule has 0 spiro atoms. The van der Waals surface area contributed by atoms with E-state index in [0.717, 1.165) is 19.3 Å². The number of halogens is 1. The third kappa shape index (κ3) is 3.43. The second kappa shape index (κ2) is 6.89. The number of aryl methyl sites for hydroxylation is 1. The summed E-state index contributed by atoms with van der Waals surface area (Å²) < 4.78 is 13.4. The van der Waals surface area contributed by atoms with Gasteiger partial charge in [-0.25, -0.2) is 4.39 Å². The Morgan fingerprint density at radius 3 is 2.79 bits per heavy atom. The minimum atomic E-state index is -0.504. The van der Waals surface area contributed by atoms with Crippen molar-refractivity contribution in [3.63, 3.8) is 0 Å². The third-order valence-corrected chi connectivity index (χ3v) is 5.01. The van der Waals surface area contributed by atoms with Crippen molar-refractivity contribution in [3.05, 3.63) is 29.6 Å². The molecule has 24 heavy (non-hydrogen) atoms. The van der Waals surface area contributed by atoms with Crippen molar-refractivity contribution in [1.82, 2.24) is 5.32 Å². The van der Waals surface area contributed by atoms with E-state index in [-0.39, 0.29) is 30.1 Å². The van der Waals surface area contributed by atoms with E-state index in [1.807, 2.05) is 0 Å². The van der Waals surface area contributed by atoms with Gasteiger partial charge in [0.15, 0.2) is 0 Å². The van der Waals surface area contributed by atoms with Crippen LogP contribution in [0.15, 0.2) is 18.2 Å². The first-order chi connectivity index (χ1) is 11.5. The van der Waals surface area contributed by atoms with Crippen molar-refractivity contribution < 1.29 is 19.1 Å². The molecule has 2 aliphatic rings. The van der Waals surface area contributed by atoms with Crippen molar-refractivity contribution >= 4 is 17.5 Å². The molecule has 2 amide bonds. The lowest BCUT2D eigenvalue weighted by Gasteiger charge is -2.29. The number of benzene rings is 1. The van der Waals surface area contributed by atoms with Gasteiger partial charge in [-0.1, -0.05) is 12.8 Å². The summed E-state index contributed by atoms with van der Waals surface area (Å²) in [5.74, 6) is -1.07. The average Bonchev–Trinajstić information content (AvgIpc) is 2.94. The minimum absolute atomic E-state index is 0.134. The summed E-state index contributed by atoms with van der Waals surface area (Å²) in [6.45, 7) is 1.94. The van der Waals surface area contributed by atoms with Gasteiger partial charge < -0.3 is 15.3 Å². The second-order valence-corrected chi connectivity index (χ2v) is 6.81. The molecule has 1 aliphatic heterocycles. The molecule has 1 aromatic rings. The molecule has 0 radical (unpaired) electrons. The highest BCUT2D eigenvalue weighted by atomic mass is 19.1. The number of aliphatic hydroxyl groups excluding tert-OH is 1. The van der Waals surface area contributed by atoms with Crippen LogP contribution < -0.4 is 10.2 Å². The molecule has 3 atom stereocenters. The third-order valence-electron chi connectivity index (χ3n) is 5.01. The lowest BCUT2D eigenvalue weighted by molar-refractivity contribution is -0.128. The summed E-state index contributed by atoms with van der Waals surface area (Å²) in [4.78, 5) is 26.2. The SMILES string of the molecule is Cc1cc(N2CC(C(=O)NC3CCCCC3O)CC2=O)ccc1F. The van der Waals surface area contributed by atoms with Gasteiger partial charge in [0.2, 0.25) is 11.8 Å². The molecule has 2 fully saturated rings. The standard InChI is InChI=1S/C18H23FN2O3/c1-11-8-13(6-7-14(11)19)21-10-12(9-17(21)23)18(24)20-15-4-2-3-5-16(15)22/h6-8,12,15-16,22H,2-5,9-10H2,1H3,(H,20,24). The molecule has 0 aromatic heterocycles. The summed E-state index contributed by atoms with van der Waals surface area (Å²) in [5.41, 5.74) is 1.09. The van der Waals surface area contributed by atoms with Crippen molar-refractivity contribution in [2.45, 2.75) is 51.2 Å². The molecule has 6 heteroatoms. The van der Waals surface area contributed by atoms with Gasteiger partial charge in [0.25, 0.3) is 0 Å². The van der Waals surface area contributed by atoms with Crippen LogP contribution >= 0.6 is 0 Å². The number of carbonyl (C=O) groups is 2. The van der Waals surface area contributed by atoms with Crippen LogP contribution in [0.2, 0.25) is 0 Å². The molecular formula is C18H23FN2O3. The van der Waals surface area contributed by atoms with Crippen molar-refractivity contribution in [1.29, 1.82) is 0 Å². The van der Waals surface area contributed by atoms with Gasteiger partial charge in [-0.05, 0) is 43.5 Å². The van der Waals surface area contributed by atoms with E-state index < -0.39 is 12.0 Å². The van der Waals surface area contributed by atoms with Gasteiger partial charge in [-0.2, -0.15) is 0 Å². The molecule has 1 aromatic carbocycles. The Labute approximate surface area is 140 Å². The highest BCUT2D eigenvalue weighted by molar-refractivity contribution is 6.00. The van der Waals surface area contributed by atoms with Crippen molar-refractivity contribution in [2.75, 3.05) is 11.4 Å². The summed E-state index contributed by atoms with van der Waals surface area (Å²) >= 11 is 0. The van der Waals surface area contributed by atoms with Crippen LogP contribution in [0.3, 0.4) is 0 Å². The van der Waals surface area contributed by atoms with Crippen LogP contribution in [-0.2, 0) is 9.59 Å². The van der Waals surface area contributed by atoms with Gasteiger partial charge in [0.05, 0.1) is 18.1 Å². The number of nitrogens with zero attached hydrogens (tertiary/aromatic N) is 1. The molecule has 1 saturated carbocycles. The summed E-state index contributed by atoms with van der Waals surface area (Å²) in [6.07, 6.45) is 3.09. The van der Waals surface area contributed by atoms with Crippen LogP contribution in [0.4, 0.5) is 10.1 Å². The molecule has 0 bridgehead atoms. The Hall–Kier alpha value is -1.95. The predicted molar refractivity (Wildman–Crippen MR) is 88.0 cm³/mol. The first-order valence-corrected chi connectivity index (χ1v) is 8.50. The molecule has 2 N–H and O–H groups in total. The quantitative estimate of drug-likeness (QED) is 0.887. The number of rotatable bonds is 3. The zero-order valence-electron chi connectivity index (χ0n) is 13.8. The monoisotopic (exact) mass is 334 g/mol. The fourth-order valence-electron chi connectivity index (χ4n) is 3.51. The molecule has 5 nitrogen and oxygen atoms in total. The van der Waals surface area contributed by atoms with E-state index in [4.69, 9.17) is 0 Å². The summed E-state index contributed by atoms with van der Waals surface area (Å²) in [6, 6.07) is 4.30. The zero-order valence-corrected chi connectivity index (χ0v) is 13.8. The normalized spacial score (nSPS) is 27.4. The Kier molecular flexibility index (Phi) is 4.85. The Morgan fingerprint density at radius 2 is 2.08 bits per heavy atom. The van der Waals surface area contributed by atoms with Crippen LogP contribution in [0.5, 0.6) is 0 Å². The Bertz CT molecular complexity index is 649. The number of nitrogens with one attached hydrogen (secondary N) is 1. The number of aliphatic hydroxyl groups is 1. The van der Waals surface area contributed by atoms with Gasteiger partial charge in [-0.3, -0.25) is 9.59 Å². The summed E-state index contributed by atoms with van der Waals surface area (Å²) in [7, 11) is 0. The summed E-state index contributed by atoms with van der Waals surface area (Å²) in [5, 5.41) is 12.9. The van der Waals surface area contributed by atoms with Gasteiger partial charge in [-0.15, -0.1) is 0 Å². The van der Waals surface area contributed by atoms with E-state index in [1.54, 1.807) is 19.1 Å². The van der Waals surface area contributed by atoms with Crippen molar-refractivity contribution in [2.24, 2.45) is 5.92 Å².